The SMILES string of the molecule is Cc1cc(C)cc(CN2CCC(OCCBr)CC2)c1. The van der Waals surface area contributed by atoms with Gasteiger partial charge in [-0.15, -0.1) is 0 Å². The third-order valence-corrected chi connectivity index (χ3v) is 3.98. The fourth-order valence-corrected chi connectivity index (χ4v) is 3.05. The first kappa shape index (κ1) is 15.0. The van der Waals surface area contributed by atoms with E-state index in [0.29, 0.717) is 6.10 Å². The number of piperidine rings is 1. The number of ether oxygens (including phenoxy) is 1. The lowest BCUT2D eigenvalue weighted by Crippen LogP contribution is -2.36. The van der Waals surface area contributed by atoms with Crippen molar-refractivity contribution in [1.82, 2.24) is 4.90 Å². The highest BCUT2D eigenvalue weighted by Crippen LogP contribution is 2.17. The average molecular weight is 326 g/mol. The van der Waals surface area contributed by atoms with Crippen molar-refractivity contribution in [3.63, 3.8) is 0 Å². The van der Waals surface area contributed by atoms with Gasteiger partial charge >= 0.3 is 0 Å². The van der Waals surface area contributed by atoms with Gasteiger partial charge in [-0.1, -0.05) is 45.3 Å². The zero-order valence-corrected chi connectivity index (χ0v) is 13.6. The van der Waals surface area contributed by atoms with Crippen LogP contribution >= 0.6 is 15.9 Å². The predicted octanol–water partition coefficient (Wildman–Crippen LogP) is 3.68. The number of nitrogens with zero attached hydrogens (tertiary/aromatic N) is 1. The molecule has 0 aliphatic carbocycles. The largest absolute Gasteiger partial charge is 0.377 e. The van der Waals surface area contributed by atoms with Crippen LogP contribution in [0.15, 0.2) is 18.2 Å². The number of hydrogen-bond acceptors (Lipinski definition) is 2. The molecule has 0 radical (unpaired) electrons. The van der Waals surface area contributed by atoms with E-state index < -0.39 is 0 Å². The topological polar surface area (TPSA) is 12.5 Å². The normalized spacial score (nSPS) is 17.8. The molecule has 0 N–H and O–H groups in total. The predicted molar refractivity (Wildman–Crippen MR) is 84.0 cm³/mol. The molecule has 0 aromatic heterocycles. The van der Waals surface area contributed by atoms with Crippen LogP contribution in [0, 0.1) is 13.8 Å². The molecule has 2 rings (SSSR count). The van der Waals surface area contributed by atoms with E-state index in [9.17, 15) is 0 Å². The van der Waals surface area contributed by atoms with Crippen LogP contribution in [0.1, 0.15) is 29.5 Å². The molecule has 1 aliphatic heterocycles. The van der Waals surface area contributed by atoms with Crippen molar-refractivity contribution in [1.29, 1.82) is 0 Å². The van der Waals surface area contributed by atoms with Crippen LogP contribution < -0.4 is 0 Å². The summed E-state index contributed by atoms with van der Waals surface area (Å²) in [7, 11) is 0. The number of aryl methyl sites for hydroxylation is 2. The van der Waals surface area contributed by atoms with E-state index in [4.69, 9.17) is 4.74 Å². The van der Waals surface area contributed by atoms with E-state index >= 15 is 0 Å². The molecule has 1 fully saturated rings. The Morgan fingerprint density at radius 1 is 1.16 bits per heavy atom. The highest BCUT2D eigenvalue weighted by Gasteiger charge is 2.19. The van der Waals surface area contributed by atoms with Crippen LogP contribution in [-0.4, -0.2) is 36.0 Å². The molecule has 19 heavy (non-hydrogen) atoms. The van der Waals surface area contributed by atoms with Gasteiger partial charge < -0.3 is 4.74 Å². The van der Waals surface area contributed by atoms with Gasteiger partial charge in [-0.05, 0) is 32.3 Å². The van der Waals surface area contributed by atoms with Gasteiger partial charge in [0.05, 0.1) is 12.7 Å². The Kier molecular flexibility index (Phi) is 5.86. The quantitative estimate of drug-likeness (QED) is 0.766. The van der Waals surface area contributed by atoms with Crippen LogP contribution in [0.25, 0.3) is 0 Å². The lowest BCUT2D eigenvalue weighted by Gasteiger charge is -2.32. The maximum absolute atomic E-state index is 5.80. The molecule has 1 aromatic carbocycles. The maximum Gasteiger partial charge on any atom is 0.0599 e. The summed E-state index contributed by atoms with van der Waals surface area (Å²) in [5.74, 6) is 0. The third-order valence-electron chi connectivity index (χ3n) is 3.65. The Labute approximate surface area is 125 Å². The van der Waals surface area contributed by atoms with Crippen molar-refractivity contribution in [3.8, 4) is 0 Å². The second-order valence-electron chi connectivity index (χ2n) is 5.53. The summed E-state index contributed by atoms with van der Waals surface area (Å²) in [4.78, 5) is 2.54. The standard InChI is InChI=1S/C16H24BrNO/c1-13-9-14(2)11-15(10-13)12-18-6-3-16(4-7-18)19-8-5-17/h9-11,16H,3-8,12H2,1-2H3. The average Bonchev–Trinajstić information content (AvgIpc) is 2.37. The summed E-state index contributed by atoms with van der Waals surface area (Å²) in [6.45, 7) is 8.57. The Balaban J connectivity index is 1.82. The van der Waals surface area contributed by atoms with E-state index in [2.05, 4.69) is 52.9 Å². The van der Waals surface area contributed by atoms with Crippen LogP contribution in [0.5, 0.6) is 0 Å². The lowest BCUT2D eigenvalue weighted by atomic mass is 10.0. The number of rotatable bonds is 5. The summed E-state index contributed by atoms with van der Waals surface area (Å²) >= 11 is 3.41. The van der Waals surface area contributed by atoms with Gasteiger partial charge in [0.2, 0.25) is 0 Å². The minimum Gasteiger partial charge on any atom is -0.377 e. The van der Waals surface area contributed by atoms with E-state index in [-0.39, 0.29) is 0 Å². The first-order chi connectivity index (χ1) is 9.17. The van der Waals surface area contributed by atoms with E-state index in [0.717, 1.165) is 44.4 Å². The van der Waals surface area contributed by atoms with Crippen LogP contribution in [-0.2, 0) is 11.3 Å². The highest BCUT2D eigenvalue weighted by atomic mass is 79.9. The van der Waals surface area contributed by atoms with Crippen molar-refractivity contribution < 1.29 is 4.74 Å². The number of benzene rings is 1. The van der Waals surface area contributed by atoms with Gasteiger partial charge in [-0.3, -0.25) is 4.90 Å². The number of hydrogen-bond donors (Lipinski definition) is 0. The maximum atomic E-state index is 5.80. The molecule has 0 spiro atoms. The fraction of sp³-hybridized carbons (Fsp3) is 0.625. The smallest absolute Gasteiger partial charge is 0.0599 e. The molecule has 3 heteroatoms. The Bertz CT molecular complexity index is 379. The van der Waals surface area contributed by atoms with Crippen LogP contribution in [0.2, 0.25) is 0 Å². The first-order valence-electron chi connectivity index (χ1n) is 7.14. The molecule has 0 unspecified atom stereocenters. The zero-order chi connectivity index (χ0) is 13.7. The van der Waals surface area contributed by atoms with Crippen molar-refractivity contribution in [2.24, 2.45) is 0 Å². The molecular weight excluding hydrogens is 302 g/mol. The van der Waals surface area contributed by atoms with E-state index in [1.807, 2.05) is 0 Å². The molecule has 1 saturated heterocycles. The molecule has 1 aliphatic rings. The van der Waals surface area contributed by atoms with Gasteiger partial charge in [0, 0.05) is 25.0 Å². The summed E-state index contributed by atoms with van der Waals surface area (Å²) < 4.78 is 5.80. The Morgan fingerprint density at radius 3 is 2.37 bits per heavy atom. The minimum absolute atomic E-state index is 0.466. The molecule has 1 heterocycles. The Hall–Kier alpha value is -0.380. The second-order valence-corrected chi connectivity index (χ2v) is 6.32. The number of alkyl halides is 1. The van der Waals surface area contributed by atoms with Crippen LogP contribution in [0.4, 0.5) is 0 Å². The van der Waals surface area contributed by atoms with Gasteiger partial charge in [0.15, 0.2) is 0 Å². The number of halogens is 1. The fourth-order valence-electron chi connectivity index (χ4n) is 2.86. The minimum atomic E-state index is 0.466. The molecule has 2 nitrogen and oxygen atoms in total. The van der Waals surface area contributed by atoms with Crippen molar-refractivity contribution in [3.05, 3.63) is 34.9 Å². The summed E-state index contributed by atoms with van der Waals surface area (Å²) in [5.41, 5.74) is 4.17. The molecule has 0 saturated carbocycles. The summed E-state index contributed by atoms with van der Waals surface area (Å²) in [5, 5.41) is 0.940. The van der Waals surface area contributed by atoms with Crippen molar-refractivity contribution in [2.45, 2.75) is 39.3 Å². The van der Waals surface area contributed by atoms with E-state index in [1.54, 1.807) is 0 Å². The third kappa shape index (κ3) is 4.90. The molecule has 0 amide bonds. The van der Waals surface area contributed by atoms with Crippen molar-refractivity contribution in [2.75, 3.05) is 25.0 Å². The first-order valence-corrected chi connectivity index (χ1v) is 8.26. The van der Waals surface area contributed by atoms with E-state index in [1.165, 1.54) is 16.7 Å². The lowest BCUT2D eigenvalue weighted by molar-refractivity contribution is 0.0141. The highest BCUT2D eigenvalue weighted by molar-refractivity contribution is 9.09. The molecular formula is C16H24BrNO. The van der Waals surface area contributed by atoms with Gasteiger partial charge in [0.25, 0.3) is 0 Å². The second kappa shape index (κ2) is 7.41. The van der Waals surface area contributed by atoms with Crippen LogP contribution in [0.3, 0.4) is 0 Å². The summed E-state index contributed by atoms with van der Waals surface area (Å²) in [6.07, 6.45) is 2.79. The summed E-state index contributed by atoms with van der Waals surface area (Å²) in [6, 6.07) is 6.85. The molecule has 0 bridgehead atoms. The van der Waals surface area contributed by atoms with Gasteiger partial charge in [-0.25, -0.2) is 0 Å². The zero-order valence-electron chi connectivity index (χ0n) is 12.0. The van der Waals surface area contributed by atoms with Gasteiger partial charge in [0.1, 0.15) is 0 Å². The van der Waals surface area contributed by atoms with Gasteiger partial charge in [-0.2, -0.15) is 0 Å². The molecule has 0 atom stereocenters. The monoisotopic (exact) mass is 325 g/mol. The molecule has 106 valence electrons. The number of likely N-dealkylation sites (tertiary alicyclic amines) is 1. The Morgan fingerprint density at radius 2 is 1.79 bits per heavy atom. The molecule has 1 aromatic rings. The van der Waals surface area contributed by atoms with Crippen molar-refractivity contribution >= 4 is 15.9 Å².